The molecule has 0 saturated heterocycles. The summed E-state index contributed by atoms with van der Waals surface area (Å²) in [7, 11) is 0. The summed E-state index contributed by atoms with van der Waals surface area (Å²) in [4.78, 5) is 4.19. The van der Waals surface area contributed by atoms with Gasteiger partial charge in [-0.1, -0.05) is 43.8 Å². The van der Waals surface area contributed by atoms with Crippen LogP contribution in [0.2, 0.25) is 0 Å². The maximum Gasteiger partial charge on any atom is 0.191 e. The molecule has 0 aliphatic carbocycles. The van der Waals surface area contributed by atoms with Gasteiger partial charge in [-0.05, 0) is 30.2 Å². The van der Waals surface area contributed by atoms with Gasteiger partial charge in [0.05, 0.1) is 6.61 Å². The SMILES string of the molecule is CC(C)Cn1c(SCCOc2ccccc2)nnc1-c1cccnc1. The number of rotatable bonds is 8. The molecule has 0 N–H and O–H groups in total. The van der Waals surface area contributed by atoms with Crippen molar-refractivity contribution in [3.63, 3.8) is 0 Å². The van der Waals surface area contributed by atoms with Crippen LogP contribution >= 0.6 is 11.8 Å². The third-order valence-corrected chi connectivity index (χ3v) is 4.44. The number of para-hydroxylation sites is 1. The van der Waals surface area contributed by atoms with Crippen LogP contribution in [0.25, 0.3) is 11.4 Å². The fraction of sp³-hybridized carbons (Fsp3) is 0.316. The van der Waals surface area contributed by atoms with Crippen LogP contribution in [0.1, 0.15) is 13.8 Å². The van der Waals surface area contributed by atoms with E-state index < -0.39 is 0 Å². The van der Waals surface area contributed by atoms with Crippen LogP contribution in [-0.2, 0) is 6.54 Å². The maximum absolute atomic E-state index is 5.75. The van der Waals surface area contributed by atoms with Gasteiger partial charge in [0.2, 0.25) is 0 Å². The van der Waals surface area contributed by atoms with Gasteiger partial charge in [0.25, 0.3) is 0 Å². The van der Waals surface area contributed by atoms with Crippen molar-refractivity contribution >= 4 is 11.8 Å². The van der Waals surface area contributed by atoms with E-state index in [-0.39, 0.29) is 0 Å². The van der Waals surface area contributed by atoms with Gasteiger partial charge in [0.1, 0.15) is 5.75 Å². The van der Waals surface area contributed by atoms with Crippen molar-refractivity contribution in [1.29, 1.82) is 0 Å². The lowest BCUT2D eigenvalue weighted by atomic mass is 10.2. The van der Waals surface area contributed by atoms with Gasteiger partial charge >= 0.3 is 0 Å². The van der Waals surface area contributed by atoms with Gasteiger partial charge in [-0.25, -0.2) is 0 Å². The van der Waals surface area contributed by atoms with Crippen LogP contribution in [0.15, 0.2) is 60.0 Å². The third-order valence-electron chi connectivity index (χ3n) is 3.51. The predicted molar refractivity (Wildman–Crippen MR) is 101 cm³/mol. The molecule has 1 aromatic carbocycles. The van der Waals surface area contributed by atoms with Crippen molar-refractivity contribution in [1.82, 2.24) is 19.7 Å². The van der Waals surface area contributed by atoms with Gasteiger partial charge in [-0.15, -0.1) is 10.2 Å². The summed E-state index contributed by atoms with van der Waals surface area (Å²) in [6.45, 7) is 5.89. The zero-order chi connectivity index (χ0) is 17.5. The molecule has 0 amide bonds. The fourth-order valence-electron chi connectivity index (χ4n) is 2.44. The molecule has 2 aromatic heterocycles. The van der Waals surface area contributed by atoms with Crippen molar-refractivity contribution in [2.75, 3.05) is 12.4 Å². The number of nitrogens with zero attached hydrogens (tertiary/aromatic N) is 4. The molecule has 5 nitrogen and oxygen atoms in total. The molecule has 6 heteroatoms. The van der Waals surface area contributed by atoms with Crippen molar-refractivity contribution in [3.8, 4) is 17.1 Å². The lowest BCUT2D eigenvalue weighted by Crippen LogP contribution is -2.09. The van der Waals surface area contributed by atoms with E-state index >= 15 is 0 Å². The van der Waals surface area contributed by atoms with Gasteiger partial charge < -0.3 is 9.30 Å². The van der Waals surface area contributed by atoms with E-state index in [4.69, 9.17) is 4.74 Å². The Morgan fingerprint density at radius 3 is 2.64 bits per heavy atom. The van der Waals surface area contributed by atoms with Crippen molar-refractivity contribution < 1.29 is 4.74 Å². The van der Waals surface area contributed by atoms with Crippen LogP contribution in [0.5, 0.6) is 5.75 Å². The second kappa shape index (κ2) is 8.67. The molecule has 3 rings (SSSR count). The maximum atomic E-state index is 5.75. The van der Waals surface area contributed by atoms with Crippen molar-refractivity contribution in [2.24, 2.45) is 5.92 Å². The summed E-state index contributed by atoms with van der Waals surface area (Å²) < 4.78 is 7.93. The summed E-state index contributed by atoms with van der Waals surface area (Å²) in [6, 6.07) is 13.8. The Labute approximate surface area is 152 Å². The van der Waals surface area contributed by atoms with Crippen LogP contribution in [0.3, 0.4) is 0 Å². The van der Waals surface area contributed by atoms with Gasteiger partial charge in [0.15, 0.2) is 11.0 Å². The lowest BCUT2D eigenvalue weighted by molar-refractivity contribution is 0.343. The number of ether oxygens (including phenoxy) is 1. The van der Waals surface area contributed by atoms with Gasteiger partial charge in [-0.3, -0.25) is 4.98 Å². The minimum atomic E-state index is 0.506. The molecule has 3 aromatic rings. The zero-order valence-corrected chi connectivity index (χ0v) is 15.3. The molecule has 0 aliphatic heterocycles. The van der Waals surface area contributed by atoms with Gasteiger partial charge in [-0.2, -0.15) is 0 Å². The first-order valence-electron chi connectivity index (χ1n) is 8.38. The van der Waals surface area contributed by atoms with Crippen molar-refractivity contribution in [2.45, 2.75) is 25.5 Å². The first-order valence-corrected chi connectivity index (χ1v) is 9.37. The smallest absolute Gasteiger partial charge is 0.191 e. The Morgan fingerprint density at radius 2 is 1.92 bits per heavy atom. The van der Waals surface area contributed by atoms with E-state index in [1.807, 2.05) is 48.7 Å². The molecule has 0 aliphatic rings. The number of pyridine rings is 1. The number of hydrogen-bond donors (Lipinski definition) is 0. The molecule has 0 unspecified atom stereocenters. The van der Waals surface area contributed by atoms with Crippen LogP contribution in [0.4, 0.5) is 0 Å². The lowest BCUT2D eigenvalue weighted by Gasteiger charge is -2.12. The second-order valence-electron chi connectivity index (χ2n) is 6.06. The van der Waals surface area contributed by atoms with E-state index in [0.29, 0.717) is 12.5 Å². The van der Waals surface area contributed by atoms with Crippen LogP contribution < -0.4 is 4.74 Å². The highest BCUT2D eigenvalue weighted by Gasteiger charge is 2.15. The molecular weight excluding hydrogens is 332 g/mol. The Bertz CT molecular complexity index is 775. The highest BCUT2D eigenvalue weighted by Crippen LogP contribution is 2.24. The highest BCUT2D eigenvalue weighted by atomic mass is 32.2. The normalized spacial score (nSPS) is 11.0. The topological polar surface area (TPSA) is 52.8 Å². The number of benzene rings is 1. The summed E-state index contributed by atoms with van der Waals surface area (Å²) >= 11 is 1.67. The largest absolute Gasteiger partial charge is 0.493 e. The van der Waals surface area contributed by atoms with E-state index in [2.05, 4.69) is 33.6 Å². The molecule has 2 heterocycles. The molecule has 0 atom stereocenters. The minimum Gasteiger partial charge on any atom is -0.493 e. The number of aromatic nitrogens is 4. The second-order valence-corrected chi connectivity index (χ2v) is 7.12. The number of thioether (sulfide) groups is 1. The van der Waals surface area contributed by atoms with E-state index in [1.54, 1.807) is 18.0 Å². The highest BCUT2D eigenvalue weighted by molar-refractivity contribution is 7.99. The van der Waals surface area contributed by atoms with Crippen LogP contribution in [-0.4, -0.2) is 32.1 Å². The Kier molecular flexibility index (Phi) is 6.06. The first-order chi connectivity index (χ1) is 12.2. The molecule has 130 valence electrons. The van der Waals surface area contributed by atoms with E-state index in [9.17, 15) is 0 Å². The third kappa shape index (κ3) is 4.82. The molecule has 0 bridgehead atoms. The molecule has 0 spiro atoms. The molecule has 0 saturated carbocycles. The molecule has 0 fully saturated rings. The summed E-state index contributed by atoms with van der Waals surface area (Å²) in [5.74, 6) is 3.08. The van der Waals surface area contributed by atoms with E-state index in [1.165, 1.54) is 0 Å². The quantitative estimate of drug-likeness (QED) is 0.449. The molecule has 0 radical (unpaired) electrons. The van der Waals surface area contributed by atoms with Crippen molar-refractivity contribution in [3.05, 3.63) is 54.9 Å². The minimum absolute atomic E-state index is 0.506. The summed E-state index contributed by atoms with van der Waals surface area (Å²) in [5, 5.41) is 9.69. The Morgan fingerprint density at radius 1 is 1.08 bits per heavy atom. The Balaban J connectivity index is 1.67. The average molecular weight is 354 g/mol. The predicted octanol–water partition coefficient (Wildman–Crippen LogP) is 4.17. The Hall–Kier alpha value is -2.34. The standard InChI is InChI=1S/C19H22N4OS/c1-15(2)14-23-18(16-7-6-10-20-13-16)21-22-19(23)25-12-11-24-17-8-4-3-5-9-17/h3-10,13,15H,11-12,14H2,1-2H3. The summed E-state index contributed by atoms with van der Waals surface area (Å²) in [5.41, 5.74) is 0.989. The first kappa shape index (κ1) is 17.5. The average Bonchev–Trinajstić information content (AvgIpc) is 3.02. The fourth-order valence-corrected chi connectivity index (χ4v) is 3.21. The monoisotopic (exact) mass is 354 g/mol. The molecule has 25 heavy (non-hydrogen) atoms. The summed E-state index contributed by atoms with van der Waals surface area (Å²) in [6.07, 6.45) is 3.59. The van der Waals surface area contributed by atoms with Crippen LogP contribution in [0, 0.1) is 5.92 Å². The zero-order valence-electron chi connectivity index (χ0n) is 14.5. The van der Waals surface area contributed by atoms with Gasteiger partial charge in [0, 0.05) is 30.3 Å². The number of hydrogen-bond acceptors (Lipinski definition) is 5. The van der Waals surface area contributed by atoms with E-state index in [0.717, 1.165) is 34.6 Å². The molecular formula is C19H22N4OS.